The zero-order valence-corrected chi connectivity index (χ0v) is 10.6. The molecule has 0 aliphatic heterocycles. The second-order valence-corrected chi connectivity index (χ2v) is 5.62. The quantitative estimate of drug-likeness (QED) is 0.843. The van der Waals surface area contributed by atoms with Gasteiger partial charge in [-0.05, 0) is 42.4 Å². The number of rotatable bonds is 3. The molecule has 1 heterocycles. The van der Waals surface area contributed by atoms with Gasteiger partial charge in [0.25, 0.3) is 0 Å². The van der Waals surface area contributed by atoms with E-state index in [1.807, 2.05) is 12.4 Å². The Balaban J connectivity index is 1.95. The topological polar surface area (TPSA) is 24.9 Å². The van der Waals surface area contributed by atoms with E-state index < -0.39 is 0 Å². The third kappa shape index (κ3) is 2.43. The zero-order valence-electron chi connectivity index (χ0n) is 10.6. The average molecular weight is 218 g/mol. The molecule has 0 saturated heterocycles. The SMILES string of the molecule is Cc1ccncc1CNC1CCCC1(C)C. The van der Waals surface area contributed by atoms with E-state index in [2.05, 4.69) is 37.1 Å². The summed E-state index contributed by atoms with van der Waals surface area (Å²) in [5.41, 5.74) is 3.11. The predicted octanol–water partition coefficient (Wildman–Crippen LogP) is 3.06. The van der Waals surface area contributed by atoms with Crippen molar-refractivity contribution in [2.75, 3.05) is 0 Å². The van der Waals surface area contributed by atoms with Crippen molar-refractivity contribution >= 4 is 0 Å². The first kappa shape index (κ1) is 11.6. The summed E-state index contributed by atoms with van der Waals surface area (Å²) in [5, 5.41) is 3.69. The van der Waals surface area contributed by atoms with Crippen LogP contribution in [0, 0.1) is 12.3 Å². The Labute approximate surface area is 98.5 Å². The lowest BCUT2D eigenvalue weighted by Crippen LogP contribution is -2.37. The number of hydrogen-bond acceptors (Lipinski definition) is 2. The van der Waals surface area contributed by atoms with Crippen LogP contribution in [0.3, 0.4) is 0 Å². The van der Waals surface area contributed by atoms with Crippen LogP contribution in [0.15, 0.2) is 18.5 Å². The van der Waals surface area contributed by atoms with Crippen molar-refractivity contribution in [2.45, 2.75) is 52.6 Å². The van der Waals surface area contributed by atoms with Gasteiger partial charge in [0, 0.05) is 25.0 Å². The lowest BCUT2D eigenvalue weighted by atomic mass is 9.87. The monoisotopic (exact) mass is 218 g/mol. The molecule has 88 valence electrons. The van der Waals surface area contributed by atoms with Gasteiger partial charge < -0.3 is 5.32 Å². The van der Waals surface area contributed by atoms with E-state index in [9.17, 15) is 0 Å². The molecule has 1 N–H and O–H groups in total. The summed E-state index contributed by atoms with van der Waals surface area (Å²) in [6.07, 6.45) is 7.85. The van der Waals surface area contributed by atoms with Gasteiger partial charge in [0.05, 0.1) is 0 Å². The number of pyridine rings is 1. The summed E-state index contributed by atoms with van der Waals surface area (Å²) in [6.45, 7) is 7.84. The van der Waals surface area contributed by atoms with Crippen LogP contribution in [0.4, 0.5) is 0 Å². The molecular weight excluding hydrogens is 196 g/mol. The first-order valence-electron chi connectivity index (χ1n) is 6.22. The van der Waals surface area contributed by atoms with Crippen molar-refractivity contribution in [3.8, 4) is 0 Å². The second-order valence-electron chi connectivity index (χ2n) is 5.62. The molecule has 1 atom stereocenters. The summed E-state index contributed by atoms with van der Waals surface area (Å²) in [5.74, 6) is 0. The Morgan fingerprint density at radius 3 is 2.94 bits per heavy atom. The number of aryl methyl sites for hydroxylation is 1. The van der Waals surface area contributed by atoms with Crippen LogP contribution in [-0.2, 0) is 6.54 Å². The van der Waals surface area contributed by atoms with Gasteiger partial charge in [0.15, 0.2) is 0 Å². The van der Waals surface area contributed by atoms with E-state index in [-0.39, 0.29) is 0 Å². The molecule has 1 aliphatic carbocycles. The van der Waals surface area contributed by atoms with E-state index >= 15 is 0 Å². The third-order valence-corrected chi connectivity index (χ3v) is 3.94. The fourth-order valence-corrected chi connectivity index (χ4v) is 2.62. The minimum absolute atomic E-state index is 0.454. The molecule has 0 amide bonds. The maximum atomic E-state index is 4.19. The molecular formula is C14H22N2. The Morgan fingerprint density at radius 1 is 1.50 bits per heavy atom. The highest BCUT2D eigenvalue weighted by Crippen LogP contribution is 2.37. The smallest absolute Gasteiger partial charge is 0.0315 e. The van der Waals surface area contributed by atoms with Gasteiger partial charge in [-0.3, -0.25) is 4.98 Å². The molecule has 1 aromatic rings. The summed E-state index contributed by atoms with van der Waals surface area (Å²) < 4.78 is 0. The van der Waals surface area contributed by atoms with Gasteiger partial charge in [0.1, 0.15) is 0 Å². The summed E-state index contributed by atoms with van der Waals surface area (Å²) in [6, 6.07) is 2.74. The molecule has 2 rings (SSSR count). The van der Waals surface area contributed by atoms with Crippen LogP contribution in [0.2, 0.25) is 0 Å². The van der Waals surface area contributed by atoms with Crippen molar-refractivity contribution in [3.63, 3.8) is 0 Å². The average Bonchev–Trinajstić information content (AvgIpc) is 2.57. The number of nitrogens with zero attached hydrogens (tertiary/aromatic N) is 1. The summed E-state index contributed by atoms with van der Waals surface area (Å²) in [7, 11) is 0. The Hall–Kier alpha value is -0.890. The molecule has 0 bridgehead atoms. The molecule has 1 aliphatic rings. The van der Waals surface area contributed by atoms with E-state index in [0.717, 1.165) is 6.54 Å². The van der Waals surface area contributed by atoms with Gasteiger partial charge in [0.2, 0.25) is 0 Å². The van der Waals surface area contributed by atoms with Crippen molar-refractivity contribution < 1.29 is 0 Å². The number of aromatic nitrogens is 1. The second kappa shape index (κ2) is 4.54. The summed E-state index contributed by atoms with van der Waals surface area (Å²) >= 11 is 0. The van der Waals surface area contributed by atoms with Crippen molar-refractivity contribution in [1.29, 1.82) is 0 Å². The fraction of sp³-hybridized carbons (Fsp3) is 0.643. The summed E-state index contributed by atoms with van der Waals surface area (Å²) in [4.78, 5) is 4.19. The van der Waals surface area contributed by atoms with Gasteiger partial charge in [-0.25, -0.2) is 0 Å². The molecule has 1 aromatic heterocycles. The van der Waals surface area contributed by atoms with Crippen molar-refractivity contribution in [1.82, 2.24) is 10.3 Å². The van der Waals surface area contributed by atoms with Crippen LogP contribution < -0.4 is 5.32 Å². The lowest BCUT2D eigenvalue weighted by molar-refractivity contribution is 0.282. The molecule has 2 heteroatoms. The van der Waals surface area contributed by atoms with Crippen LogP contribution >= 0.6 is 0 Å². The molecule has 1 fully saturated rings. The van der Waals surface area contributed by atoms with Crippen molar-refractivity contribution in [2.24, 2.45) is 5.41 Å². The Kier molecular flexibility index (Phi) is 3.29. The van der Waals surface area contributed by atoms with E-state index in [1.54, 1.807) is 0 Å². The fourth-order valence-electron chi connectivity index (χ4n) is 2.62. The number of nitrogens with one attached hydrogen (secondary N) is 1. The van der Waals surface area contributed by atoms with Crippen LogP contribution in [0.5, 0.6) is 0 Å². The van der Waals surface area contributed by atoms with Crippen LogP contribution in [0.25, 0.3) is 0 Å². The first-order valence-corrected chi connectivity index (χ1v) is 6.22. The van der Waals surface area contributed by atoms with E-state index in [4.69, 9.17) is 0 Å². The highest BCUT2D eigenvalue weighted by molar-refractivity contribution is 5.21. The predicted molar refractivity (Wildman–Crippen MR) is 67.2 cm³/mol. The molecule has 0 radical (unpaired) electrons. The van der Waals surface area contributed by atoms with Gasteiger partial charge in [-0.15, -0.1) is 0 Å². The number of hydrogen-bond donors (Lipinski definition) is 1. The van der Waals surface area contributed by atoms with E-state index in [0.29, 0.717) is 11.5 Å². The highest BCUT2D eigenvalue weighted by Gasteiger charge is 2.33. The molecule has 1 saturated carbocycles. The molecule has 0 aromatic carbocycles. The highest BCUT2D eigenvalue weighted by atomic mass is 14.9. The first-order chi connectivity index (χ1) is 7.59. The Bertz CT molecular complexity index is 358. The standard InChI is InChI=1S/C14H22N2/c1-11-6-8-15-9-12(11)10-16-13-5-4-7-14(13,2)3/h6,8-9,13,16H,4-5,7,10H2,1-3H3. The third-order valence-electron chi connectivity index (χ3n) is 3.94. The Morgan fingerprint density at radius 2 is 2.31 bits per heavy atom. The molecule has 1 unspecified atom stereocenters. The lowest BCUT2D eigenvalue weighted by Gasteiger charge is -2.28. The molecule has 0 spiro atoms. The van der Waals surface area contributed by atoms with Crippen molar-refractivity contribution in [3.05, 3.63) is 29.6 Å². The zero-order chi connectivity index (χ0) is 11.6. The molecule has 16 heavy (non-hydrogen) atoms. The minimum Gasteiger partial charge on any atom is -0.309 e. The maximum absolute atomic E-state index is 4.19. The van der Waals surface area contributed by atoms with E-state index in [1.165, 1.54) is 30.4 Å². The normalized spacial score (nSPS) is 23.6. The van der Waals surface area contributed by atoms with Gasteiger partial charge >= 0.3 is 0 Å². The van der Waals surface area contributed by atoms with Gasteiger partial charge in [-0.2, -0.15) is 0 Å². The van der Waals surface area contributed by atoms with Crippen LogP contribution in [0.1, 0.15) is 44.2 Å². The molecule has 2 nitrogen and oxygen atoms in total. The van der Waals surface area contributed by atoms with Gasteiger partial charge in [-0.1, -0.05) is 20.3 Å². The maximum Gasteiger partial charge on any atom is 0.0315 e. The largest absolute Gasteiger partial charge is 0.309 e. The minimum atomic E-state index is 0.454. The van der Waals surface area contributed by atoms with Crippen LogP contribution in [-0.4, -0.2) is 11.0 Å².